The van der Waals surface area contributed by atoms with E-state index < -0.39 is 25.5 Å². The summed E-state index contributed by atoms with van der Waals surface area (Å²) in [5.74, 6) is -1.13. The Hall–Kier alpha value is -4.32. The number of aliphatic hydroxyl groups excluding tert-OH is 2. The maximum absolute atomic E-state index is 12.2. The molecule has 5 rings (SSSR count). The molecule has 0 radical (unpaired) electrons. The molecule has 0 saturated carbocycles. The van der Waals surface area contributed by atoms with Crippen LogP contribution in [0.1, 0.15) is 40.6 Å². The van der Waals surface area contributed by atoms with Crippen molar-refractivity contribution < 1.29 is 29.6 Å². The molecule has 0 spiro atoms. The van der Waals surface area contributed by atoms with Crippen molar-refractivity contribution >= 4 is 23.9 Å². The molecule has 2 atom stereocenters. The summed E-state index contributed by atoms with van der Waals surface area (Å²) in [4.78, 5) is 20.2. The van der Waals surface area contributed by atoms with Gasteiger partial charge in [0.1, 0.15) is 0 Å². The van der Waals surface area contributed by atoms with E-state index in [1.54, 1.807) is 78.9 Å². The lowest BCUT2D eigenvalue weighted by atomic mass is 9.89. The zero-order chi connectivity index (χ0) is 30.4. The third-order valence-corrected chi connectivity index (χ3v) is 8.51. The molecule has 4 N–H and O–H groups in total. The normalized spacial score (nSPS) is 12.8. The first-order valence-electron chi connectivity index (χ1n) is 13.4. The van der Waals surface area contributed by atoms with Crippen molar-refractivity contribution in [3.05, 3.63) is 168 Å². The van der Waals surface area contributed by atoms with Gasteiger partial charge in [0.15, 0.2) is 0 Å². The molecule has 42 heavy (non-hydrogen) atoms. The predicted molar refractivity (Wildman–Crippen MR) is 167 cm³/mol. The van der Waals surface area contributed by atoms with Crippen LogP contribution in [-0.4, -0.2) is 26.2 Å². The Morgan fingerprint density at radius 2 is 0.833 bits per heavy atom. The largest absolute Gasteiger partial charge is 0.478 e. The van der Waals surface area contributed by atoms with Crippen molar-refractivity contribution in [3.8, 4) is 0 Å². The molecular weight excluding hydrogens is 547 g/mol. The number of carbonyl (C=O) groups is 1. The molecule has 5 aromatic carbocycles. The first-order valence-corrected chi connectivity index (χ1v) is 15.1. The van der Waals surface area contributed by atoms with Gasteiger partial charge in [-0.15, -0.1) is 0 Å². The molecule has 0 aliphatic carbocycles. The third kappa shape index (κ3) is 9.37. The molecule has 0 heterocycles. The molecule has 0 bridgehead atoms. The topological polar surface area (TPSA) is 115 Å². The Morgan fingerprint density at radius 1 is 0.548 bits per heavy atom. The van der Waals surface area contributed by atoms with Gasteiger partial charge >= 0.3 is 5.97 Å². The maximum Gasteiger partial charge on any atom is 0.335 e. The van der Waals surface area contributed by atoms with Gasteiger partial charge < -0.3 is 20.2 Å². The fourth-order valence-electron chi connectivity index (χ4n) is 4.07. The van der Waals surface area contributed by atoms with Gasteiger partial charge in [-0.1, -0.05) is 122 Å². The minimum atomic E-state index is -3.40. The van der Waals surface area contributed by atoms with Crippen LogP contribution in [0.3, 0.4) is 0 Å². The van der Waals surface area contributed by atoms with Crippen LogP contribution in [0.25, 0.3) is 0 Å². The Bertz CT molecular complexity index is 1430. The summed E-state index contributed by atoms with van der Waals surface area (Å²) < 4.78 is 12.2. The quantitative estimate of drug-likeness (QED) is 0.166. The third-order valence-electron chi connectivity index (χ3n) is 6.51. The molecule has 0 fully saturated rings. The Morgan fingerprint density at radius 3 is 1.12 bits per heavy atom. The zero-order valence-electron chi connectivity index (χ0n) is 23.2. The second-order valence-corrected chi connectivity index (χ2v) is 11.7. The van der Waals surface area contributed by atoms with E-state index in [9.17, 15) is 24.5 Å². The van der Waals surface area contributed by atoms with Gasteiger partial charge in [-0.3, -0.25) is 4.57 Å². The molecule has 0 aromatic heterocycles. The van der Waals surface area contributed by atoms with E-state index in [1.165, 1.54) is 0 Å². The van der Waals surface area contributed by atoms with Gasteiger partial charge in [0.25, 0.3) is 7.37 Å². The van der Waals surface area contributed by atoms with Gasteiger partial charge in [0.05, 0.1) is 17.8 Å². The van der Waals surface area contributed by atoms with Crippen LogP contribution < -0.4 is 10.6 Å². The maximum atomic E-state index is 12.2. The van der Waals surface area contributed by atoms with Gasteiger partial charge in [-0.25, -0.2) is 4.79 Å². The molecule has 0 saturated heterocycles. The van der Waals surface area contributed by atoms with E-state index >= 15 is 0 Å². The van der Waals surface area contributed by atoms with Gasteiger partial charge in [-0.2, -0.15) is 0 Å². The first-order chi connectivity index (χ1) is 20.2. The molecule has 0 aliphatic heterocycles. The highest BCUT2D eigenvalue weighted by molar-refractivity contribution is 7.73. The molecule has 0 amide bonds. The van der Waals surface area contributed by atoms with Gasteiger partial charge in [0.2, 0.25) is 0 Å². The summed E-state index contributed by atoms with van der Waals surface area (Å²) in [7, 11) is -3.40. The summed E-state index contributed by atoms with van der Waals surface area (Å²) >= 11 is 0. The number of carboxylic acid groups (broad SMARTS) is 1. The molecular formula is C35H35O6P. The Labute approximate surface area is 246 Å². The average Bonchev–Trinajstić information content (AvgIpc) is 3.06. The molecule has 2 unspecified atom stereocenters. The molecule has 7 heteroatoms. The average molecular weight is 583 g/mol. The van der Waals surface area contributed by atoms with E-state index in [0.717, 1.165) is 11.1 Å². The lowest BCUT2D eigenvalue weighted by molar-refractivity contribution is 0.0199. The van der Waals surface area contributed by atoms with Crippen LogP contribution in [0.4, 0.5) is 0 Å². The van der Waals surface area contributed by atoms with E-state index in [4.69, 9.17) is 5.11 Å². The van der Waals surface area contributed by atoms with Crippen molar-refractivity contribution in [3.63, 3.8) is 0 Å². The van der Waals surface area contributed by atoms with Crippen LogP contribution in [0.2, 0.25) is 0 Å². The lowest BCUT2D eigenvalue weighted by Crippen LogP contribution is -2.17. The minimum Gasteiger partial charge on any atom is -0.478 e. The predicted octanol–water partition coefficient (Wildman–Crippen LogP) is 6.38. The Kier molecular flexibility index (Phi) is 12.4. The smallest absolute Gasteiger partial charge is 0.335 e. The van der Waals surface area contributed by atoms with Crippen molar-refractivity contribution in [1.29, 1.82) is 0 Å². The number of hydrogen-bond donors (Lipinski definition) is 4. The van der Waals surface area contributed by atoms with Crippen LogP contribution in [0, 0.1) is 5.92 Å². The minimum absolute atomic E-state index is 0.255. The van der Waals surface area contributed by atoms with E-state index in [-0.39, 0.29) is 5.92 Å². The highest BCUT2D eigenvalue weighted by atomic mass is 31.2. The number of aliphatic hydroxyl groups is 2. The molecule has 0 aliphatic rings. The second kappa shape index (κ2) is 16.2. The van der Waals surface area contributed by atoms with Crippen LogP contribution in [0.5, 0.6) is 0 Å². The van der Waals surface area contributed by atoms with E-state index in [2.05, 4.69) is 0 Å². The summed E-state index contributed by atoms with van der Waals surface area (Å²) in [6.07, 6.45) is -1.33. The monoisotopic (exact) mass is 582 g/mol. The van der Waals surface area contributed by atoms with Gasteiger partial charge in [-0.05, 0) is 47.5 Å². The van der Waals surface area contributed by atoms with Crippen molar-refractivity contribution in [1.82, 2.24) is 0 Å². The summed E-state index contributed by atoms with van der Waals surface area (Å²) in [6.45, 7) is 1.86. The number of hydrogen-bond acceptors (Lipinski definition) is 4. The number of carboxylic acids is 1. The highest BCUT2D eigenvalue weighted by Gasteiger charge is 2.25. The summed E-state index contributed by atoms with van der Waals surface area (Å²) in [5.41, 5.74) is 2.00. The fourth-order valence-corrected chi connectivity index (χ4v) is 5.52. The van der Waals surface area contributed by atoms with Crippen molar-refractivity contribution in [2.75, 3.05) is 0 Å². The highest BCUT2D eigenvalue weighted by Crippen LogP contribution is 2.37. The molecule has 5 aromatic rings. The summed E-state index contributed by atoms with van der Waals surface area (Å²) in [6, 6.07) is 44.6. The van der Waals surface area contributed by atoms with Gasteiger partial charge in [0, 0.05) is 16.5 Å². The number of rotatable bonds is 7. The number of benzene rings is 5. The van der Waals surface area contributed by atoms with Crippen LogP contribution >= 0.6 is 7.37 Å². The SMILES string of the molecule is CC(C(O)c1ccccc1)C(O)c1ccccc1.O=C(O)c1ccccc1.O=P(O)(c1ccccc1)c1ccccc1. The Balaban J connectivity index is 0.000000182. The standard InChI is InChI=1S/C16H18O2.C12H11O2P.C7H6O2/c1-12(15(17)13-8-4-2-5-9-13)16(18)14-10-6-3-7-11-14;13-15(14,11-7-3-1-4-8-11)12-9-5-2-6-10-12;8-7(9)6-4-2-1-3-5-6/h2-12,15-18H,1H3;1-10H,(H,13,14);1-5H,(H,8,9). The van der Waals surface area contributed by atoms with E-state index in [0.29, 0.717) is 16.2 Å². The molecule has 6 nitrogen and oxygen atoms in total. The van der Waals surface area contributed by atoms with Crippen LogP contribution in [-0.2, 0) is 4.57 Å². The lowest BCUT2D eigenvalue weighted by Gasteiger charge is -2.24. The fraction of sp³-hybridized carbons (Fsp3) is 0.114. The van der Waals surface area contributed by atoms with Crippen molar-refractivity contribution in [2.24, 2.45) is 5.92 Å². The molecule has 216 valence electrons. The zero-order valence-corrected chi connectivity index (χ0v) is 24.1. The van der Waals surface area contributed by atoms with Crippen molar-refractivity contribution in [2.45, 2.75) is 19.1 Å². The second-order valence-electron chi connectivity index (χ2n) is 9.49. The number of aromatic carboxylic acids is 1. The first kappa shape index (κ1) is 32.2. The van der Waals surface area contributed by atoms with E-state index in [1.807, 2.05) is 79.7 Å². The summed E-state index contributed by atoms with van der Waals surface area (Å²) in [5, 5.41) is 29.8. The van der Waals surface area contributed by atoms with Crippen LogP contribution in [0.15, 0.2) is 152 Å².